The summed E-state index contributed by atoms with van der Waals surface area (Å²) in [6, 6.07) is 0. The van der Waals surface area contributed by atoms with Crippen molar-refractivity contribution < 1.29 is 14.3 Å². The molecular weight excluding hydrogens is 394 g/mol. The van der Waals surface area contributed by atoms with Gasteiger partial charge in [0.1, 0.15) is 0 Å². The first-order valence-corrected chi connectivity index (χ1v) is 11.7. The number of hydrogen-bond acceptors (Lipinski definition) is 5. The number of nitrogens with zero attached hydrogens (tertiary/aromatic N) is 5. The van der Waals surface area contributed by atoms with Crippen LogP contribution in [0, 0.1) is 17.3 Å². The van der Waals surface area contributed by atoms with Gasteiger partial charge >= 0.3 is 0 Å². The van der Waals surface area contributed by atoms with Gasteiger partial charge in [0.15, 0.2) is 0 Å². The molecule has 2 atom stereocenters. The minimum atomic E-state index is -0.410. The van der Waals surface area contributed by atoms with Crippen LogP contribution in [0.1, 0.15) is 38.7 Å². The number of morpholine rings is 1. The molecule has 0 N–H and O–H groups in total. The fourth-order valence-corrected chi connectivity index (χ4v) is 5.60. The predicted octanol–water partition coefficient (Wildman–Crippen LogP) is 1.37. The van der Waals surface area contributed by atoms with Gasteiger partial charge in [-0.1, -0.05) is 13.8 Å². The fraction of sp³-hybridized carbons (Fsp3) is 0.783. The van der Waals surface area contributed by atoms with Gasteiger partial charge in [-0.3, -0.25) is 19.2 Å². The topological polar surface area (TPSA) is 70.9 Å². The van der Waals surface area contributed by atoms with E-state index in [1.165, 1.54) is 5.56 Å². The van der Waals surface area contributed by atoms with Crippen LogP contribution in [-0.4, -0.2) is 88.8 Å². The van der Waals surface area contributed by atoms with Gasteiger partial charge < -0.3 is 14.5 Å². The molecule has 0 spiro atoms. The first kappa shape index (κ1) is 22.3. The molecule has 0 saturated carbocycles. The van der Waals surface area contributed by atoms with Crippen LogP contribution in [0.25, 0.3) is 0 Å². The number of carbonyl (C=O) groups excluding carboxylic acids is 2. The van der Waals surface area contributed by atoms with E-state index in [1.54, 1.807) is 0 Å². The van der Waals surface area contributed by atoms with Crippen LogP contribution in [0.15, 0.2) is 12.4 Å². The molecule has 31 heavy (non-hydrogen) atoms. The third-order valence-corrected chi connectivity index (χ3v) is 7.08. The zero-order valence-electron chi connectivity index (χ0n) is 19.3. The van der Waals surface area contributed by atoms with E-state index in [0.29, 0.717) is 45.2 Å². The minimum Gasteiger partial charge on any atom is -0.378 e. The molecule has 3 aliphatic heterocycles. The van der Waals surface area contributed by atoms with Crippen LogP contribution >= 0.6 is 0 Å². The molecule has 172 valence electrons. The zero-order valence-corrected chi connectivity index (χ0v) is 19.3. The molecule has 1 aromatic rings. The van der Waals surface area contributed by atoms with Crippen molar-refractivity contribution >= 4 is 11.8 Å². The van der Waals surface area contributed by atoms with Crippen molar-refractivity contribution in [1.82, 2.24) is 24.5 Å². The molecule has 8 heteroatoms. The lowest BCUT2D eigenvalue weighted by Gasteiger charge is -2.39. The SMILES string of the molecule is CC(C)CC(=O)N1CCC[C@]2(C(=O)N3CCOCC3)CN(Cc3cnn(C)c3)C[C@H]2C1. The number of ether oxygens (including phenoxy) is 1. The molecule has 4 heterocycles. The monoisotopic (exact) mass is 431 g/mol. The number of fused-ring (bicyclic) bond motifs is 1. The van der Waals surface area contributed by atoms with Crippen LogP contribution in [-0.2, 0) is 27.9 Å². The molecule has 2 amide bonds. The summed E-state index contributed by atoms with van der Waals surface area (Å²) in [6.07, 6.45) is 6.27. The Labute approximate surface area is 185 Å². The van der Waals surface area contributed by atoms with Crippen LogP contribution in [0.3, 0.4) is 0 Å². The van der Waals surface area contributed by atoms with Gasteiger partial charge in [0.2, 0.25) is 11.8 Å². The predicted molar refractivity (Wildman–Crippen MR) is 117 cm³/mol. The lowest BCUT2D eigenvalue weighted by atomic mass is 9.73. The first-order chi connectivity index (χ1) is 14.9. The first-order valence-electron chi connectivity index (χ1n) is 11.7. The Morgan fingerprint density at radius 1 is 1.19 bits per heavy atom. The minimum absolute atomic E-state index is 0.165. The highest BCUT2D eigenvalue weighted by atomic mass is 16.5. The van der Waals surface area contributed by atoms with Crippen LogP contribution in [0.2, 0.25) is 0 Å². The zero-order chi connectivity index (χ0) is 22.0. The van der Waals surface area contributed by atoms with Crippen molar-refractivity contribution in [1.29, 1.82) is 0 Å². The van der Waals surface area contributed by atoms with Gasteiger partial charge in [0.25, 0.3) is 0 Å². The Hall–Kier alpha value is -1.93. The molecule has 3 aliphatic rings. The van der Waals surface area contributed by atoms with Gasteiger partial charge in [0, 0.05) is 77.0 Å². The molecule has 3 saturated heterocycles. The molecule has 0 aromatic carbocycles. The summed E-state index contributed by atoms with van der Waals surface area (Å²) in [5.41, 5.74) is 0.757. The van der Waals surface area contributed by atoms with E-state index in [9.17, 15) is 9.59 Å². The second kappa shape index (κ2) is 9.28. The Bertz CT molecular complexity index is 788. The molecule has 1 aromatic heterocycles. The van der Waals surface area contributed by atoms with Gasteiger partial charge in [-0.05, 0) is 18.8 Å². The van der Waals surface area contributed by atoms with E-state index in [0.717, 1.165) is 39.0 Å². The third-order valence-electron chi connectivity index (χ3n) is 7.08. The van der Waals surface area contributed by atoms with E-state index in [-0.39, 0.29) is 17.7 Å². The molecule has 3 fully saturated rings. The van der Waals surface area contributed by atoms with Crippen molar-refractivity contribution in [2.24, 2.45) is 24.3 Å². The maximum atomic E-state index is 13.9. The highest BCUT2D eigenvalue weighted by Gasteiger charge is 2.54. The van der Waals surface area contributed by atoms with Crippen molar-refractivity contribution in [3.63, 3.8) is 0 Å². The highest BCUT2D eigenvalue weighted by Crippen LogP contribution is 2.45. The molecule has 0 aliphatic carbocycles. The van der Waals surface area contributed by atoms with Crippen LogP contribution < -0.4 is 0 Å². The van der Waals surface area contributed by atoms with Gasteiger partial charge in [-0.15, -0.1) is 0 Å². The van der Waals surface area contributed by atoms with E-state index >= 15 is 0 Å². The van der Waals surface area contributed by atoms with Gasteiger partial charge in [-0.2, -0.15) is 5.10 Å². The molecule has 8 nitrogen and oxygen atoms in total. The van der Waals surface area contributed by atoms with E-state index in [2.05, 4.69) is 23.8 Å². The maximum absolute atomic E-state index is 13.9. The summed E-state index contributed by atoms with van der Waals surface area (Å²) in [5, 5.41) is 4.30. The van der Waals surface area contributed by atoms with Crippen molar-refractivity contribution in [2.75, 3.05) is 52.5 Å². The fourth-order valence-electron chi connectivity index (χ4n) is 5.60. The average molecular weight is 432 g/mol. The van der Waals surface area contributed by atoms with E-state index < -0.39 is 5.41 Å². The maximum Gasteiger partial charge on any atom is 0.230 e. The Morgan fingerprint density at radius 3 is 2.65 bits per heavy atom. The smallest absolute Gasteiger partial charge is 0.230 e. The summed E-state index contributed by atoms with van der Waals surface area (Å²) >= 11 is 0. The summed E-state index contributed by atoms with van der Waals surface area (Å²) in [4.78, 5) is 33.2. The number of likely N-dealkylation sites (tertiary alicyclic amines) is 2. The third kappa shape index (κ3) is 4.80. The van der Waals surface area contributed by atoms with Crippen molar-refractivity contribution in [3.05, 3.63) is 18.0 Å². The Balaban J connectivity index is 1.56. The molecular formula is C23H37N5O3. The standard InChI is InChI=1S/C23H37N5O3/c1-18(2)11-21(29)28-6-4-5-23(22(30)27-7-9-31-10-8-27)17-26(15-20(23)16-28)14-19-12-24-25(3)13-19/h12-13,18,20H,4-11,14-17H2,1-3H3/t20-,23-/m0/s1. The quantitative estimate of drug-likeness (QED) is 0.704. The highest BCUT2D eigenvalue weighted by molar-refractivity contribution is 5.84. The molecule has 0 unspecified atom stereocenters. The van der Waals surface area contributed by atoms with Crippen molar-refractivity contribution in [2.45, 2.75) is 39.7 Å². The van der Waals surface area contributed by atoms with Gasteiger partial charge in [0.05, 0.1) is 24.8 Å². The number of aryl methyl sites for hydroxylation is 1. The summed E-state index contributed by atoms with van der Waals surface area (Å²) < 4.78 is 7.32. The van der Waals surface area contributed by atoms with Crippen LogP contribution in [0.4, 0.5) is 0 Å². The Kier molecular flexibility index (Phi) is 6.67. The largest absolute Gasteiger partial charge is 0.378 e. The lowest BCUT2D eigenvalue weighted by molar-refractivity contribution is -0.149. The average Bonchev–Trinajstić information content (AvgIpc) is 3.25. The molecule has 0 bridgehead atoms. The molecule has 4 rings (SSSR count). The van der Waals surface area contributed by atoms with E-state index in [4.69, 9.17) is 4.74 Å². The number of hydrogen-bond donors (Lipinski definition) is 0. The number of carbonyl (C=O) groups is 2. The number of aromatic nitrogens is 2. The summed E-state index contributed by atoms with van der Waals surface area (Å²) in [5.74, 6) is 1.02. The number of rotatable bonds is 5. The van der Waals surface area contributed by atoms with Gasteiger partial charge in [-0.25, -0.2) is 0 Å². The summed E-state index contributed by atoms with van der Waals surface area (Å²) in [6.45, 7) is 10.6. The lowest BCUT2D eigenvalue weighted by Crippen LogP contribution is -2.52. The summed E-state index contributed by atoms with van der Waals surface area (Å²) in [7, 11) is 1.93. The number of amides is 2. The second-order valence-corrected chi connectivity index (χ2v) is 9.99. The van der Waals surface area contributed by atoms with Crippen LogP contribution in [0.5, 0.6) is 0 Å². The Morgan fingerprint density at radius 2 is 1.97 bits per heavy atom. The van der Waals surface area contributed by atoms with Crippen molar-refractivity contribution in [3.8, 4) is 0 Å². The normalized spacial score (nSPS) is 27.4. The second-order valence-electron chi connectivity index (χ2n) is 9.99. The molecule has 0 radical (unpaired) electrons. The van der Waals surface area contributed by atoms with E-state index in [1.807, 2.05) is 33.9 Å².